The van der Waals surface area contributed by atoms with Gasteiger partial charge in [-0.25, -0.2) is 0 Å². The number of phenolic OH excluding ortho intramolecular Hbond substituents is 1. The van der Waals surface area contributed by atoms with Gasteiger partial charge in [-0.15, -0.1) is 0 Å². The molecule has 0 aromatic heterocycles. The van der Waals surface area contributed by atoms with Crippen LogP contribution in [0.3, 0.4) is 0 Å². The van der Waals surface area contributed by atoms with E-state index in [1.165, 1.54) is 79.8 Å². The molecule has 4 rings (SSSR count). The number of anilines is 2. The number of phenols is 1. The van der Waals surface area contributed by atoms with E-state index in [-0.39, 0.29) is 44.3 Å². The number of hydrogen-bond donors (Lipinski definition) is 3. The number of fused-ring (bicyclic) bond motifs is 2. The molecule has 3 aromatic carbocycles. The molecule has 1 unspecified atom stereocenters. The minimum absolute atomic E-state index is 0.0325. The van der Waals surface area contributed by atoms with Crippen LogP contribution in [0, 0.1) is 6.92 Å². The molecular weight excluding hydrogens is 528 g/mol. The first kappa shape index (κ1) is 31.0. The van der Waals surface area contributed by atoms with Crippen LogP contribution < -0.4 is 5.32 Å². The van der Waals surface area contributed by atoms with Gasteiger partial charge >= 0.3 is 0 Å². The van der Waals surface area contributed by atoms with E-state index in [1.54, 1.807) is 25.1 Å². The topological polar surface area (TPSA) is 121 Å². The number of ketones is 2. The second-order valence-electron chi connectivity index (χ2n) is 10.4. The zero-order valence-corrected chi connectivity index (χ0v) is 24.6. The highest BCUT2D eigenvalue weighted by Crippen LogP contribution is 2.38. The molecular formula is C31H39N2O6S+. The summed E-state index contributed by atoms with van der Waals surface area (Å²) in [5.41, 5.74) is 0.944. The Morgan fingerprint density at radius 2 is 1.43 bits per heavy atom. The van der Waals surface area contributed by atoms with Crippen LogP contribution in [0.25, 0.3) is 0 Å². The van der Waals surface area contributed by atoms with E-state index in [1.807, 2.05) is 0 Å². The molecule has 0 aliphatic heterocycles. The maximum Gasteiger partial charge on any atom is 0.296 e. The van der Waals surface area contributed by atoms with Crippen molar-refractivity contribution in [1.29, 1.82) is 0 Å². The summed E-state index contributed by atoms with van der Waals surface area (Å²) in [6.45, 7) is 12.5. The number of nitrogens with zero attached hydrogens (tertiary/aromatic N) is 1. The molecule has 0 saturated carbocycles. The molecule has 214 valence electrons. The maximum absolute atomic E-state index is 13.1. The monoisotopic (exact) mass is 567 g/mol. The number of rotatable bonds is 9. The smallest absolute Gasteiger partial charge is 0.296 e. The van der Waals surface area contributed by atoms with Gasteiger partial charge < -0.3 is 14.9 Å². The number of aromatic hydroxyl groups is 1. The van der Waals surface area contributed by atoms with Crippen LogP contribution in [-0.2, 0) is 10.1 Å². The normalized spacial score (nSPS) is 13.9. The summed E-state index contributed by atoms with van der Waals surface area (Å²) in [6, 6.07) is 13.3. The molecule has 8 nitrogen and oxygen atoms in total. The zero-order chi connectivity index (χ0) is 29.7. The summed E-state index contributed by atoms with van der Waals surface area (Å²) in [7, 11) is -2.17. The predicted molar refractivity (Wildman–Crippen MR) is 157 cm³/mol. The fourth-order valence-corrected chi connectivity index (χ4v) is 5.64. The standard InChI is InChI=1S/C21H15NO6S.C10H24N/c1-11-6-7-14(17(10-11)29(26,27)28)22-15-8-9-16(23)19-18(15)20(24)12-4-2-3-5-13(12)21(19)25;1-5-8-10-11(4,7-3)9-6-2/h2-10,22-23H,1H3,(H,26,27,28);5-10H2,1-4H3/q;+1. The average Bonchev–Trinajstić information content (AvgIpc) is 2.92. The van der Waals surface area contributed by atoms with Crippen LogP contribution >= 0.6 is 0 Å². The number of hydrogen-bond acceptors (Lipinski definition) is 6. The summed E-state index contributed by atoms with van der Waals surface area (Å²) in [5, 5.41) is 13.1. The Labute approximate surface area is 237 Å². The van der Waals surface area contributed by atoms with Crippen LogP contribution in [0.1, 0.15) is 77.4 Å². The highest BCUT2D eigenvalue weighted by molar-refractivity contribution is 7.86. The number of carbonyl (C=O) groups excluding carboxylic acids is 2. The average molecular weight is 568 g/mol. The third-order valence-electron chi connectivity index (χ3n) is 7.32. The summed E-state index contributed by atoms with van der Waals surface area (Å²) >= 11 is 0. The Hall–Kier alpha value is -3.53. The number of aryl methyl sites for hydroxylation is 1. The fraction of sp³-hybridized carbons (Fsp3) is 0.355. The van der Waals surface area contributed by atoms with Gasteiger partial charge in [-0.1, -0.05) is 50.6 Å². The van der Waals surface area contributed by atoms with Gasteiger partial charge in [-0.05, 0) is 56.5 Å². The molecule has 9 heteroatoms. The third kappa shape index (κ3) is 6.78. The lowest BCUT2D eigenvalue weighted by molar-refractivity contribution is -0.908. The van der Waals surface area contributed by atoms with Crippen LogP contribution in [0.4, 0.5) is 11.4 Å². The van der Waals surface area contributed by atoms with Gasteiger partial charge in [0.25, 0.3) is 10.1 Å². The number of nitrogens with one attached hydrogen (secondary N) is 1. The summed E-state index contributed by atoms with van der Waals surface area (Å²) in [5.74, 6) is -1.33. The molecule has 0 fully saturated rings. The van der Waals surface area contributed by atoms with Gasteiger partial charge in [0.2, 0.25) is 0 Å². The lowest BCUT2D eigenvalue weighted by Crippen LogP contribution is -2.45. The van der Waals surface area contributed by atoms with Gasteiger partial charge in [-0.2, -0.15) is 8.42 Å². The number of quaternary nitrogens is 1. The highest BCUT2D eigenvalue weighted by atomic mass is 32.2. The van der Waals surface area contributed by atoms with E-state index in [4.69, 9.17) is 0 Å². The van der Waals surface area contributed by atoms with E-state index in [0.29, 0.717) is 5.56 Å². The Kier molecular flexibility index (Phi) is 9.89. The lowest BCUT2D eigenvalue weighted by atomic mass is 9.82. The Bertz CT molecular complexity index is 1520. The van der Waals surface area contributed by atoms with Crippen molar-refractivity contribution in [3.8, 4) is 5.75 Å². The van der Waals surface area contributed by atoms with Gasteiger partial charge in [0, 0.05) is 11.1 Å². The SMILES string of the molecule is CCCC[N+](C)(CC)CCC.Cc1ccc(Nc2ccc(O)c3c2C(=O)c2ccccc2C3=O)c(S(=O)(=O)O)c1. The second-order valence-corrected chi connectivity index (χ2v) is 11.8. The Morgan fingerprint density at radius 1 is 0.825 bits per heavy atom. The minimum Gasteiger partial charge on any atom is -0.507 e. The molecule has 40 heavy (non-hydrogen) atoms. The molecule has 0 spiro atoms. The third-order valence-corrected chi connectivity index (χ3v) is 8.21. The van der Waals surface area contributed by atoms with Crippen molar-refractivity contribution in [3.63, 3.8) is 0 Å². The molecule has 0 amide bonds. The number of benzene rings is 3. The van der Waals surface area contributed by atoms with Crippen molar-refractivity contribution in [1.82, 2.24) is 0 Å². The first-order valence-electron chi connectivity index (χ1n) is 13.6. The van der Waals surface area contributed by atoms with E-state index < -0.39 is 21.7 Å². The number of unbranched alkanes of at least 4 members (excludes halogenated alkanes) is 1. The van der Waals surface area contributed by atoms with Crippen molar-refractivity contribution in [3.05, 3.63) is 82.4 Å². The fourth-order valence-electron chi connectivity index (χ4n) is 4.91. The van der Waals surface area contributed by atoms with Crippen molar-refractivity contribution >= 4 is 33.1 Å². The van der Waals surface area contributed by atoms with E-state index >= 15 is 0 Å². The summed E-state index contributed by atoms with van der Waals surface area (Å²) < 4.78 is 34.4. The molecule has 1 aliphatic rings. The van der Waals surface area contributed by atoms with Crippen LogP contribution in [-0.4, -0.2) is 60.8 Å². The molecule has 0 bridgehead atoms. The highest BCUT2D eigenvalue weighted by Gasteiger charge is 2.34. The van der Waals surface area contributed by atoms with Gasteiger partial charge in [0.1, 0.15) is 10.6 Å². The maximum atomic E-state index is 13.1. The van der Waals surface area contributed by atoms with E-state index in [2.05, 4.69) is 33.1 Å². The molecule has 3 aromatic rings. The van der Waals surface area contributed by atoms with Crippen molar-refractivity contribution < 1.29 is 32.1 Å². The molecule has 1 aliphatic carbocycles. The lowest BCUT2D eigenvalue weighted by Gasteiger charge is -2.33. The largest absolute Gasteiger partial charge is 0.507 e. The second kappa shape index (κ2) is 12.8. The molecule has 3 N–H and O–H groups in total. The number of carbonyl (C=O) groups is 2. The zero-order valence-electron chi connectivity index (χ0n) is 23.8. The van der Waals surface area contributed by atoms with Crippen molar-refractivity contribution in [2.24, 2.45) is 0 Å². The first-order chi connectivity index (χ1) is 18.9. The predicted octanol–water partition coefficient (Wildman–Crippen LogP) is 6.13. The molecule has 0 radical (unpaired) electrons. The van der Waals surface area contributed by atoms with Gasteiger partial charge in [0.05, 0.1) is 49.2 Å². The van der Waals surface area contributed by atoms with Crippen LogP contribution in [0.15, 0.2) is 59.5 Å². The quantitative estimate of drug-likeness (QED) is 0.126. The molecule has 0 saturated heterocycles. The van der Waals surface area contributed by atoms with Crippen LogP contribution in [0.2, 0.25) is 0 Å². The van der Waals surface area contributed by atoms with Crippen LogP contribution in [0.5, 0.6) is 5.75 Å². The Balaban J connectivity index is 0.000000342. The molecule has 1 atom stereocenters. The van der Waals surface area contributed by atoms with E-state index in [9.17, 15) is 27.7 Å². The minimum atomic E-state index is -4.54. The van der Waals surface area contributed by atoms with Gasteiger partial charge in [-0.3, -0.25) is 14.1 Å². The van der Waals surface area contributed by atoms with Crippen molar-refractivity contribution in [2.45, 2.75) is 51.9 Å². The summed E-state index contributed by atoms with van der Waals surface area (Å²) in [4.78, 5) is 25.6. The molecule has 0 heterocycles. The van der Waals surface area contributed by atoms with E-state index in [0.717, 1.165) is 0 Å². The summed E-state index contributed by atoms with van der Waals surface area (Å²) in [6.07, 6.45) is 4.02. The van der Waals surface area contributed by atoms with Gasteiger partial charge in [0.15, 0.2) is 11.6 Å². The first-order valence-corrected chi connectivity index (χ1v) is 15.0. The Morgan fingerprint density at radius 3 is 1.98 bits per heavy atom. The van der Waals surface area contributed by atoms with Crippen molar-refractivity contribution in [2.75, 3.05) is 32.0 Å².